The summed E-state index contributed by atoms with van der Waals surface area (Å²) in [5.74, 6) is 1.42. The van der Waals surface area contributed by atoms with Gasteiger partial charge in [0.05, 0.1) is 29.0 Å². The number of thiazole rings is 1. The van der Waals surface area contributed by atoms with Crippen LogP contribution in [0.3, 0.4) is 0 Å². The molecule has 4 heteroatoms. The van der Waals surface area contributed by atoms with E-state index in [1.54, 1.807) is 11.3 Å². The number of anilines is 1. The lowest BCUT2D eigenvalue weighted by molar-refractivity contribution is 0.272. The Morgan fingerprint density at radius 1 is 1.25 bits per heavy atom. The number of rotatable bonds is 6. The fourth-order valence-corrected chi connectivity index (χ4v) is 2.56. The Hall–Kier alpha value is -1.55. The van der Waals surface area contributed by atoms with Gasteiger partial charge in [0.2, 0.25) is 0 Å². The van der Waals surface area contributed by atoms with Crippen molar-refractivity contribution in [2.45, 2.75) is 33.7 Å². The lowest BCUT2D eigenvalue weighted by Gasteiger charge is -2.17. The number of hydrogen-bond donors (Lipinski definition) is 1. The van der Waals surface area contributed by atoms with Crippen LogP contribution in [-0.2, 0) is 0 Å². The first kappa shape index (κ1) is 14.9. The SMILES string of the molecule is Cc1nc(C(C)Nc2ccccc2OCC(C)C)cs1. The Morgan fingerprint density at radius 3 is 2.65 bits per heavy atom. The van der Waals surface area contributed by atoms with Gasteiger partial charge in [-0.3, -0.25) is 0 Å². The first-order valence-electron chi connectivity index (χ1n) is 6.96. The Labute approximate surface area is 125 Å². The molecule has 0 bridgehead atoms. The number of aryl methyl sites for hydroxylation is 1. The maximum absolute atomic E-state index is 5.86. The molecule has 0 spiro atoms. The van der Waals surface area contributed by atoms with Gasteiger partial charge in [-0.15, -0.1) is 11.3 Å². The third kappa shape index (κ3) is 3.97. The van der Waals surface area contributed by atoms with Crippen molar-refractivity contribution in [3.05, 3.63) is 40.3 Å². The third-order valence-corrected chi connectivity index (χ3v) is 3.70. The molecule has 1 N–H and O–H groups in total. The highest BCUT2D eigenvalue weighted by Crippen LogP contribution is 2.28. The van der Waals surface area contributed by atoms with Gasteiger partial charge in [-0.05, 0) is 31.9 Å². The normalized spacial score (nSPS) is 12.4. The van der Waals surface area contributed by atoms with E-state index in [-0.39, 0.29) is 6.04 Å². The Balaban J connectivity index is 2.08. The van der Waals surface area contributed by atoms with Crippen LogP contribution in [0, 0.1) is 12.8 Å². The van der Waals surface area contributed by atoms with Crippen molar-refractivity contribution in [3.63, 3.8) is 0 Å². The van der Waals surface area contributed by atoms with E-state index in [2.05, 4.69) is 36.5 Å². The molecule has 3 nitrogen and oxygen atoms in total. The Kier molecular flexibility index (Phi) is 5.01. The van der Waals surface area contributed by atoms with Crippen molar-refractivity contribution in [2.24, 2.45) is 5.92 Å². The van der Waals surface area contributed by atoms with E-state index in [0.29, 0.717) is 5.92 Å². The van der Waals surface area contributed by atoms with Crippen molar-refractivity contribution < 1.29 is 4.74 Å². The highest BCUT2D eigenvalue weighted by Gasteiger charge is 2.11. The second-order valence-corrected chi connectivity index (χ2v) is 6.42. The van der Waals surface area contributed by atoms with Crippen molar-refractivity contribution in [1.29, 1.82) is 0 Å². The largest absolute Gasteiger partial charge is 0.491 e. The number of benzene rings is 1. The molecule has 0 saturated carbocycles. The lowest BCUT2D eigenvalue weighted by Crippen LogP contribution is -2.10. The van der Waals surface area contributed by atoms with Gasteiger partial charge in [0, 0.05) is 5.38 Å². The molecular weight excluding hydrogens is 268 g/mol. The topological polar surface area (TPSA) is 34.2 Å². The molecular formula is C16H22N2OS. The summed E-state index contributed by atoms with van der Waals surface area (Å²) in [6.45, 7) is 9.17. The summed E-state index contributed by atoms with van der Waals surface area (Å²) < 4.78 is 5.86. The fourth-order valence-electron chi connectivity index (χ4n) is 1.85. The van der Waals surface area contributed by atoms with Crippen LogP contribution in [0.5, 0.6) is 5.75 Å². The molecule has 1 atom stereocenters. The first-order chi connectivity index (χ1) is 9.56. The number of para-hydroxylation sites is 2. The zero-order valence-electron chi connectivity index (χ0n) is 12.5. The highest BCUT2D eigenvalue weighted by molar-refractivity contribution is 7.09. The molecule has 2 aromatic rings. The smallest absolute Gasteiger partial charge is 0.142 e. The molecule has 2 rings (SSSR count). The minimum Gasteiger partial charge on any atom is -0.491 e. The number of ether oxygens (including phenoxy) is 1. The highest BCUT2D eigenvalue weighted by atomic mass is 32.1. The summed E-state index contributed by atoms with van der Waals surface area (Å²) >= 11 is 1.68. The van der Waals surface area contributed by atoms with Crippen molar-refractivity contribution >= 4 is 17.0 Å². The minimum atomic E-state index is 0.170. The van der Waals surface area contributed by atoms with E-state index in [4.69, 9.17) is 4.74 Å². The van der Waals surface area contributed by atoms with E-state index >= 15 is 0 Å². The number of nitrogens with one attached hydrogen (secondary N) is 1. The molecule has 1 unspecified atom stereocenters. The predicted molar refractivity (Wildman–Crippen MR) is 85.7 cm³/mol. The number of nitrogens with zero attached hydrogens (tertiary/aromatic N) is 1. The molecule has 0 amide bonds. The fraction of sp³-hybridized carbons (Fsp3) is 0.438. The molecule has 20 heavy (non-hydrogen) atoms. The molecule has 0 aliphatic rings. The Bertz CT molecular complexity index is 551. The van der Waals surface area contributed by atoms with Gasteiger partial charge >= 0.3 is 0 Å². The second kappa shape index (κ2) is 6.75. The van der Waals surface area contributed by atoms with Crippen LogP contribution in [0.25, 0.3) is 0 Å². The summed E-state index contributed by atoms with van der Waals surface area (Å²) in [6.07, 6.45) is 0. The molecule has 0 aliphatic heterocycles. The van der Waals surface area contributed by atoms with Crippen LogP contribution in [0.4, 0.5) is 5.69 Å². The maximum atomic E-state index is 5.86. The van der Waals surface area contributed by atoms with Crippen LogP contribution in [0.2, 0.25) is 0 Å². The summed E-state index contributed by atoms with van der Waals surface area (Å²) in [4.78, 5) is 4.53. The molecule has 0 saturated heterocycles. The van der Waals surface area contributed by atoms with Crippen LogP contribution in [-0.4, -0.2) is 11.6 Å². The van der Waals surface area contributed by atoms with Gasteiger partial charge in [0.25, 0.3) is 0 Å². The van der Waals surface area contributed by atoms with E-state index in [1.807, 2.05) is 31.2 Å². The number of hydrogen-bond acceptors (Lipinski definition) is 4. The quantitative estimate of drug-likeness (QED) is 0.840. The molecule has 1 heterocycles. The van der Waals surface area contributed by atoms with Gasteiger partial charge in [-0.25, -0.2) is 4.98 Å². The molecule has 108 valence electrons. The molecule has 0 aliphatic carbocycles. The van der Waals surface area contributed by atoms with Gasteiger partial charge < -0.3 is 10.1 Å². The summed E-state index contributed by atoms with van der Waals surface area (Å²) in [6, 6.07) is 8.24. The maximum Gasteiger partial charge on any atom is 0.142 e. The molecule has 1 aromatic carbocycles. The predicted octanol–water partition coefficient (Wildman–Crippen LogP) is 4.66. The van der Waals surface area contributed by atoms with E-state index in [9.17, 15) is 0 Å². The summed E-state index contributed by atoms with van der Waals surface area (Å²) in [5.41, 5.74) is 2.09. The van der Waals surface area contributed by atoms with Gasteiger partial charge in [-0.2, -0.15) is 0 Å². The van der Waals surface area contributed by atoms with Gasteiger partial charge in [-0.1, -0.05) is 26.0 Å². The van der Waals surface area contributed by atoms with Crippen molar-refractivity contribution in [1.82, 2.24) is 4.98 Å². The van der Waals surface area contributed by atoms with E-state index in [0.717, 1.165) is 28.7 Å². The van der Waals surface area contributed by atoms with Crippen molar-refractivity contribution in [2.75, 3.05) is 11.9 Å². The second-order valence-electron chi connectivity index (χ2n) is 5.36. The first-order valence-corrected chi connectivity index (χ1v) is 7.84. The van der Waals surface area contributed by atoms with Crippen LogP contribution in [0.1, 0.15) is 37.5 Å². The zero-order chi connectivity index (χ0) is 14.5. The molecule has 1 aromatic heterocycles. The summed E-state index contributed by atoms with van der Waals surface area (Å²) in [7, 11) is 0. The zero-order valence-corrected chi connectivity index (χ0v) is 13.3. The standard InChI is InChI=1S/C16H22N2OS/c1-11(2)9-19-16-8-6-5-7-14(16)17-12(3)15-10-20-13(4)18-15/h5-8,10-12,17H,9H2,1-4H3. The Morgan fingerprint density at radius 2 is 2.00 bits per heavy atom. The average molecular weight is 290 g/mol. The van der Waals surface area contributed by atoms with E-state index in [1.165, 1.54) is 0 Å². The monoisotopic (exact) mass is 290 g/mol. The average Bonchev–Trinajstić information content (AvgIpc) is 2.84. The summed E-state index contributed by atoms with van der Waals surface area (Å²) in [5, 5.41) is 6.68. The van der Waals surface area contributed by atoms with Crippen LogP contribution < -0.4 is 10.1 Å². The van der Waals surface area contributed by atoms with Gasteiger partial charge in [0.1, 0.15) is 5.75 Å². The van der Waals surface area contributed by atoms with Crippen molar-refractivity contribution in [3.8, 4) is 5.75 Å². The van der Waals surface area contributed by atoms with E-state index < -0.39 is 0 Å². The number of aromatic nitrogens is 1. The third-order valence-electron chi connectivity index (χ3n) is 2.91. The molecule has 0 fully saturated rings. The van der Waals surface area contributed by atoms with Crippen LogP contribution >= 0.6 is 11.3 Å². The van der Waals surface area contributed by atoms with Crippen LogP contribution in [0.15, 0.2) is 29.6 Å². The molecule has 0 radical (unpaired) electrons. The lowest BCUT2D eigenvalue weighted by atomic mass is 10.2. The van der Waals surface area contributed by atoms with Gasteiger partial charge in [0.15, 0.2) is 0 Å². The minimum absolute atomic E-state index is 0.170.